The number of aromatic nitrogens is 2. The molecule has 2 aromatic rings. The van der Waals surface area contributed by atoms with Gasteiger partial charge in [-0.15, -0.1) is 0 Å². The van der Waals surface area contributed by atoms with Crippen molar-refractivity contribution in [3.8, 4) is 0 Å². The lowest BCUT2D eigenvalue weighted by Gasteiger charge is -2.27. The Hall–Kier alpha value is -2.59. The fraction of sp³-hybridized carbons (Fsp3) is 0.353. The van der Waals surface area contributed by atoms with Gasteiger partial charge in [0.25, 0.3) is 5.91 Å². The maximum atomic E-state index is 13.7. The molecular formula is C17H17ClF3N5O2. The highest BCUT2D eigenvalue weighted by atomic mass is 35.5. The minimum absolute atomic E-state index is 0.0849. The maximum Gasteiger partial charge on any atom is 0.321 e. The van der Waals surface area contributed by atoms with Gasteiger partial charge in [0.1, 0.15) is 0 Å². The molecule has 0 bridgehead atoms. The molecule has 150 valence electrons. The molecular weight excluding hydrogens is 399 g/mol. The second kappa shape index (κ2) is 8.61. The number of nitrogens with one attached hydrogen (secondary N) is 1. The molecule has 1 N–H and O–H groups in total. The van der Waals surface area contributed by atoms with Gasteiger partial charge in [-0.1, -0.05) is 11.6 Å². The smallest absolute Gasteiger partial charge is 0.321 e. The Kier molecular flexibility index (Phi) is 6.20. The molecule has 2 heterocycles. The van der Waals surface area contributed by atoms with E-state index in [9.17, 15) is 18.0 Å². The Morgan fingerprint density at radius 1 is 1.36 bits per heavy atom. The summed E-state index contributed by atoms with van der Waals surface area (Å²) in [6.07, 6.45) is 0.785. The molecule has 1 aliphatic rings. The minimum atomic E-state index is -3.05. The number of rotatable bonds is 5. The summed E-state index contributed by atoms with van der Waals surface area (Å²) in [5.41, 5.74) is 0.157. The van der Waals surface area contributed by atoms with Crippen LogP contribution in [0.4, 0.5) is 30.6 Å². The number of nitrogens with zero attached hydrogens (tertiary/aromatic N) is 4. The average molecular weight is 416 g/mol. The summed E-state index contributed by atoms with van der Waals surface area (Å²) < 4.78 is 46.2. The van der Waals surface area contributed by atoms with Crippen LogP contribution >= 0.6 is 11.6 Å². The molecule has 0 saturated carbocycles. The van der Waals surface area contributed by atoms with E-state index in [0.29, 0.717) is 31.2 Å². The number of benzene rings is 1. The Labute approximate surface area is 164 Å². The maximum absolute atomic E-state index is 13.7. The average Bonchev–Trinajstić information content (AvgIpc) is 2.70. The van der Waals surface area contributed by atoms with Crippen LogP contribution in [-0.4, -0.2) is 60.7 Å². The third kappa shape index (κ3) is 4.12. The lowest BCUT2D eigenvalue weighted by atomic mass is 10.1. The molecule has 1 aromatic carbocycles. The van der Waals surface area contributed by atoms with Crippen LogP contribution < -0.4 is 10.2 Å². The van der Waals surface area contributed by atoms with Gasteiger partial charge in [0.05, 0.1) is 30.1 Å². The number of ether oxygens (including phenoxy) is 1. The zero-order valence-corrected chi connectivity index (χ0v) is 15.6. The highest BCUT2D eigenvalue weighted by Crippen LogP contribution is 2.34. The topological polar surface area (TPSA) is 70.6 Å². The number of carbonyl (C=O) groups excluding carboxylic acids is 1. The van der Waals surface area contributed by atoms with E-state index in [4.69, 9.17) is 16.3 Å². The SMILES string of the molecule is CNc1nc(N(c2ccc(C(=O)N3CCOCC3)cc2Cl)C(F)F)ncc1F. The van der Waals surface area contributed by atoms with E-state index in [2.05, 4.69) is 15.3 Å². The molecule has 0 aliphatic carbocycles. The second-order valence-corrected chi connectivity index (χ2v) is 6.24. The first-order valence-electron chi connectivity index (χ1n) is 8.36. The molecule has 7 nitrogen and oxygen atoms in total. The minimum Gasteiger partial charge on any atom is -0.378 e. The normalized spacial score (nSPS) is 14.3. The van der Waals surface area contributed by atoms with Crippen molar-refractivity contribution in [1.29, 1.82) is 0 Å². The molecule has 0 unspecified atom stereocenters. The van der Waals surface area contributed by atoms with Gasteiger partial charge >= 0.3 is 6.55 Å². The first-order chi connectivity index (χ1) is 13.4. The zero-order valence-electron chi connectivity index (χ0n) is 14.8. The lowest BCUT2D eigenvalue weighted by molar-refractivity contribution is 0.0303. The molecule has 1 saturated heterocycles. The van der Waals surface area contributed by atoms with Crippen LogP contribution in [0.15, 0.2) is 24.4 Å². The predicted octanol–water partition coefficient (Wildman–Crippen LogP) is 3.14. The lowest BCUT2D eigenvalue weighted by Crippen LogP contribution is -2.40. The van der Waals surface area contributed by atoms with E-state index in [1.54, 1.807) is 4.90 Å². The van der Waals surface area contributed by atoms with Crippen molar-refractivity contribution in [1.82, 2.24) is 14.9 Å². The van der Waals surface area contributed by atoms with Crippen LogP contribution in [0.3, 0.4) is 0 Å². The van der Waals surface area contributed by atoms with Crippen molar-refractivity contribution < 1.29 is 22.7 Å². The van der Waals surface area contributed by atoms with Crippen molar-refractivity contribution in [3.05, 3.63) is 40.8 Å². The third-order valence-electron chi connectivity index (χ3n) is 4.13. The largest absolute Gasteiger partial charge is 0.378 e. The summed E-state index contributed by atoms with van der Waals surface area (Å²) in [5, 5.41) is 2.38. The fourth-order valence-corrected chi connectivity index (χ4v) is 3.01. The van der Waals surface area contributed by atoms with E-state index in [1.165, 1.54) is 25.2 Å². The van der Waals surface area contributed by atoms with Gasteiger partial charge in [0.15, 0.2) is 11.6 Å². The highest BCUT2D eigenvalue weighted by molar-refractivity contribution is 6.33. The molecule has 1 aromatic heterocycles. The molecule has 28 heavy (non-hydrogen) atoms. The number of morpholine rings is 1. The van der Waals surface area contributed by atoms with Crippen LogP contribution in [0.25, 0.3) is 0 Å². The van der Waals surface area contributed by atoms with Gasteiger partial charge in [-0.05, 0) is 18.2 Å². The Morgan fingerprint density at radius 3 is 2.68 bits per heavy atom. The molecule has 0 atom stereocenters. The quantitative estimate of drug-likeness (QED) is 0.756. The summed E-state index contributed by atoms with van der Waals surface area (Å²) in [4.78, 5) is 22.0. The van der Waals surface area contributed by atoms with Gasteiger partial charge in [-0.3, -0.25) is 9.69 Å². The fourth-order valence-electron chi connectivity index (χ4n) is 2.73. The molecule has 3 rings (SSSR count). The third-order valence-corrected chi connectivity index (χ3v) is 4.43. The molecule has 1 aliphatic heterocycles. The van der Waals surface area contributed by atoms with Crippen LogP contribution in [-0.2, 0) is 4.74 Å². The number of hydrogen-bond acceptors (Lipinski definition) is 6. The Morgan fingerprint density at radius 2 is 2.07 bits per heavy atom. The van der Waals surface area contributed by atoms with Crippen LogP contribution in [0.1, 0.15) is 10.4 Å². The van der Waals surface area contributed by atoms with E-state index in [0.717, 1.165) is 6.20 Å². The van der Waals surface area contributed by atoms with Crippen LogP contribution in [0, 0.1) is 5.82 Å². The van der Waals surface area contributed by atoms with E-state index in [-0.39, 0.29) is 28.0 Å². The van der Waals surface area contributed by atoms with E-state index < -0.39 is 18.3 Å². The summed E-state index contributed by atoms with van der Waals surface area (Å²) in [7, 11) is 1.40. The number of carbonyl (C=O) groups is 1. The molecule has 0 spiro atoms. The molecule has 1 amide bonds. The number of hydrogen-bond donors (Lipinski definition) is 1. The molecule has 0 radical (unpaired) electrons. The van der Waals surface area contributed by atoms with Crippen molar-refractivity contribution in [2.24, 2.45) is 0 Å². The number of alkyl halides is 2. The monoisotopic (exact) mass is 415 g/mol. The van der Waals surface area contributed by atoms with Gasteiger partial charge < -0.3 is 15.0 Å². The van der Waals surface area contributed by atoms with E-state index >= 15 is 0 Å². The molecule has 1 fully saturated rings. The van der Waals surface area contributed by atoms with Gasteiger partial charge in [-0.2, -0.15) is 13.8 Å². The summed E-state index contributed by atoms with van der Waals surface area (Å²) >= 11 is 6.19. The highest BCUT2D eigenvalue weighted by Gasteiger charge is 2.26. The summed E-state index contributed by atoms with van der Waals surface area (Å²) in [6.45, 7) is -1.29. The van der Waals surface area contributed by atoms with Crippen LogP contribution in [0.5, 0.6) is 0 Å². The summed E-state index contributed by atoms with van der Waals surface area (Å²) in [5.74, 6) is -1.71. The van der Waals surface area contributed by atoms with Gasteiger partial charge in [-0.25, -0.2) is 9.37 Å². The van der Waals surface area contributed by atoms with Crippen molar-refractivity contribution >= 4 is 35.0 Å². The predicted molar refractivity (Wildman–Crippen MR) is 97.9 cm³/mol. The Bertz CT molecular complexity index is 865. The number of anilines is 3. The van der Waals surface area contributed by atoms with Crippen LogP contribution in [0.2, 0.25) is 5.02 Å². The van der Waals surface area contributed by atoms with Crippen molar-refractivity contribution in [3.63, 3.8) is 0 Å². The van der Waals surface area contributed by atoms with E-state index in [1.807, 2.05) is 0 Å². The van der Waals surface area contributed by atoms with Crippen molar-refractivity contribution in [2.75, 3.05) is 43.6 Å². The zero-order chi connectivity index (χ0) is 20.3. The first kappa shape index (κ1) is 20.2. The number of halogens is 4. The standard InChI is InChI=1S/C17H17ClF3N5O2/c1-22-14-12(19)9-23-17(24-14)26(16(20)21)13-3-2-10(8-11(13)18)15(27)25-4-6-28-7-5-25/h2-3,8-9,16H,4-7H2,1H3,(H,22,23,24). The summed E-state index contributed by atoms with van der Waals surface area (Å²) in [6, 6.07) is 4.00. The van der Waals surface area contributed by atoms with Crippen molar-refractivity contribution in [2.45, 2.75) is 6.55 Å². The van der Waals surface area contributed by atoms with Gasteiger partial charge in [0, 0.05) is 25.7 Å². The Balaban J connectivity index is 1.93. The van der Waals surface area contributed by atoms with Gasteiger partial charge in [0.2, 0.25) is 5.95 Å². The molecule has 11 heteroatoms. The first-order valence-corrected chi connectivity index (χ1v) is 8.74. The second-order valence-electron chi connectivity index (χ2n) is 5.83. The number of amides is 1.